The summed E-state index contributed by atoms with van der Waals surface area (Å²) >= 11 is 0. The van der Waals surface area contributed by atoms with Crippen LogP contribution >= 0.6 is 0 Å². The van der Waals surface area contributed by atoms with Crippen LogP contribution < -0.4 is 10.5 Å². The van der Waals surface area contributed by atoms with Gasteiger partial charge in [0.15, 0.2) is 0 Å². The Bertz CT molecular complexity index is 318. The first kappa shape index (κ1) is 7.47. The van der Waals surface area contributed by atoms with Crippen molar-refractivity contribution in [2.45, 2.75) is 19.3 Å². The van der Waals surface area contributed by atoms with Crippen molar-refractivity contribution in [2.75, 3.05) is 12.3 Å². The Balaban J connectivity index is 2.55. The first-order valence-electron chi connectivity index (χ1n) is 4.12. The summed E-state index contributed by atoms with van der Waals surface area (Å²) in [5.41, 5.74) is 7.81. The molecule has 2 N–H and O–H groups in total. The van der Waals surface area contributed by atoms with Crippen molar-refractivity contribution in [1.82, 2.24) is 0 Å². The highest BCUT2D eigenvalue weighted by Gasteiger charge is 2.31. The molecule has 1 aromatic rings. The van der Waals surface area contributed by atoms with E-state index < -0.39 is 0 Å². The number of nitrogens with two attached hydrogens (primary N) is 1. The minimum atomic E-state index is 0.142. The smallest absolute Gasteiger partial charge is 0.125 e. The van der Waals surface area contributed by atoms with E-state index in [1.807, 2.05) is 12.1 Å². The second kappa shape index (κ2) is 2.16. The van der Waals surface area contributed by atoms with Crippen molar-refractivity contribution in [2.24, 2.45) is 0 Å². The fraction of sp³-hybridized carbons (Fsp3) is 0.400. The molecule has 0 saturated heterocycles. The van der Waals surface area contributed by atoms with E-state index in [0.29, 0.717) is 0 Å². The molecule has 1 aliphatic heterocycles. The van der Waals surface area contributed by atoms with Crippen LogP contribution in [0.3, 0.4) is 0 Å². The normalized spacial score (nSPS) is 18.5. The van der Waals surface area contributed by atoms with Crippen LogP contribution in [0.4, 0.5) is 5.69 Å². The van der Waals surface area contributed by atoms with E-state index >= 15 is 0 Å². The molecule has 1 aliphatic rings. The summed E-state index contributed by atoms with van der Waals surface area (Å²) in [6.07, 6.45) is 0. The maximum atomic E-state index is 5.64. The molecule has 0 aliphatic carbocycles. The number of hydrogen-bond acceptors (Lipinski definition) is 2. The second-order valence-electron chi connectivity index (χ2n) is 3.93. The van der Waals surface area contributed by atoms with Crippen molar-refractivity contribution >= 4 is 5.69 Å². The molecule has 0 aromatic heterocycles. The molecule has 0 fully saturated rings. The number of rotatable bonds is 0. The van der Waals surface area contributed by atoms with Gasteiger partial charge in [0, 0.05) is 22.7 Å². The number of nitrogen functional groups attached to an aromatic ring is 1. The van der Waals surface area contributed by atoms with E-state index in [4.69, 9.17) is 10.5 Å². The predicted octanol–water partition coefficient (Wildman–Crippen LogP) is 1.94. The standard InChI is InChI=1S/C10H13NO/c1-10(2)6-12-9-5-7(11)3-4-8(9)10/h3-5H,6,11H2,1-2H3. The molecule has 1 aromatic carbocycles. The number of fused-ring (bicyclic) bond motifs is 1. The van der Waals surface area contributed by atoms with Gasteiger partial charge in [0.05, 0.1) is 6.61 Å². The summed E-state index contributed by atoms with van der Waals surface area (Å²) < 4.78 is 5.51. The zero-order chi connectivity index (χ0) is 8.77. The Labute approximate surface area is 72.3 Å². The molecule has 0 amide bonds. The van der Waals surface area contributed by atoms with Crippen LogP contribution in [0, 0.1) is 0 Å². The van der Waals surface area contributed by atoms with Crippen LogP contribution in [-0.4, -0.2) is 6.61 Å². The lowest BCUT2D eigenvalue weighted by Gasteiger charge is -2.14. The van der Waals surface area contributed by atoms with Gasteiger partial charge in [-0.1, -0.05) is 19.9 Å². The molecule has 0 unspecified atom stereocenters. The summed E-state index contributed by atoms with van der Waals surface area (Å²) in [6.45, 7) is 5.11. The summed E-state index contributed by atoms with van der Waals surface area (Å²) in [5.74, 6) is 0.944. The summed E-state index contributed by atoms with van der Waals surface area (Å²) in [5, 5.41) is 0. The first-order chi connectivity index (χ1) is 5.59. The van der Waals surface area contributed by atoms with Gasteiger partial charge in [0.25, 0.3) is 0 Å². The van der Waals surface area contributed by atoms with Crippen molar-refractivity contribution in [3.05, 3.63) is 23.8 Å². The Morgan fingerprint density at radius 2 is 2.17 bits per heavy atom. The van der Waals surface area contributed by atoms with E-state index in [-0.39, 0.29) is 5.41 Å². The van der Waals surface area contributed by atoms with Crippen LogP contribution in [0.15, 0.2) is 18.2 Å². The monoisotopic (exact) mass is 163 g/mol. The van der Waals surface area contributed by atoms with Crippen LogP contribution in [0.1, 0.15) is 19.4 Å². The molecule has 0 saturated carbocycles. The van der Waals surface area contributed by atoms with Crippen molar-refractivity contribution in [3.8, 4) is 5.75 Å². The topological polar surface area (TPSA) is 35.2 Å². The Hall–Kier alpha value is -1.18. The van der Waals surface area contributed by atoms with Gasteiger partial charge in [-0.2, -0.15) is 0 Å². The third-order valence-electron chi connectivity index (χ3n) is 2.32. The molecule has 0 atom stereocenters. The zero-order valence-electron chi connectivity index (χ0n) is 7.42. The van der Waals surface area contributed by atoms with Crippen LogP contribution in [0.25, 0.3) is 0 Å². The largest absolute Gasteiger partial charge is 0.492 e. The predicted molar refractivity (Wildman–Crippen MR) is 49.4 cm³/mol. The zero-order valence-corrected chi connectivity index (χ0v) is 7.42. The van der Waals surface area contributed by atoms with Gasteiger partial charge in [-0.05, 0) is 6.07 Å². The quantitative estimate of drug-likeness (QED) is 0.593. The van der Waals surface area contributed by atoms with Crippen molar-refractivity contribution in [1.29, 1.82) is 0 Å². The molecule has 0 spiro atoms. The van der Waals surface area contributed by atoms with E-state index in [1.165, 1.54) is 5.56 Å². The molecular formula is C10H13NO. The van der Waals surface area contributed by atoms with E-state index in [9.17, 15) is 0 Å². The molecule has 0 radical (unpaired) electrons. The number of anilines is 1. The Kier molecular flexibility index (Phi) is 1.34. The van der Waals surface area contributed by atoms with Gasteiger partial charge in [-0.3, -0.25) is 0 Å². The fourth-order valence-electron chi connectivity index (χ4n) is 1.55. The average molecular weight is 163 g/mol. The van der Waals surface area contributed by atoms with Crippen LogP contribution in [-0.2, 0) is 5.41 Å². The maximum Gasteiger partial charge on any atom is 0.125 e. The lowest BCUT2D eigenvalue weighted by atomic mass is 9.87. The summed E-state index contributed by atoms with van der Waals surface area (Å²) in [4.78, 5) is 0. The minimum absolute atomic E-state index is 0.142. The lowest BCUT2D eigenvalue weighted by molar-refractivity contribution is 0.291. The van der Waals surface area contributed by atoms with Gasteiger partial charge in [-0.15, -0.1) is 0 Å². The van der Waals surface area contributed by atoms with Crippen LogP contribution in [0.2, 0.25) is 0 Å². The molecule has 2 nitrogen and oxygen atoms in total. The number of hydrogen-bond donors (Lipinski definition) is 1. The molecule has 12 heavy (non-hydrogen) atoms. The summed E-state index contributed by atoms with van der Waals surface area (Å²) in [6, 6.07) is 5.87. The average Bonchev–Trinajstić information content (AvgIpc) is 2.27. The van der Waals surface area contributed by atoms with Gasteiger partial charge in [-0.25, -0.2) is 0 Å². The summed E-state index contributed by atoms with van der Waals surface area (Å²) in [7, 11) is 0. The third kappa shape index (κ3) is 0.951. The van der Waals surface area contributed by atoms with Gasteiger partial charge in [0.1, 0.15) is 5.75 Å². The Morgan fingerprint density at radius 3 is 2.92 bits per heavy atom. The second-order valence-corrected chi connectivity index (χ2v) is 3.93. The van der Waals surface area contributed by atoms with Gasteiger partial charge in [0.2, 0.25) is 0 Å². The molecule has 64 valence electrons. The van der Waals surface area contributed by atoms with E-state index in [2.05, 4.69) is 19.9 Å². The lowest BCUT2D eigenvalue weighted by Crippen LogP contribution is -2.18. The third-order valence-corrected chi connectivity index (χ3v) is 2.32. The minimum Gasteiger partial charge on any atom is -0.492 e. The van der Waals surface area contributed by atoms with Crippen molar-refractivity contribution < 1.29 is 4.74 Å². The highest BCUT2D eigenvalue weighted by Crippen LogP contribution is 2.38. The van der Waals surface area contributed by atoms with Gasteiger partial charge >= 0.3 is 0 Å². The SMILES string of the molecule is CC1(C)COc2cc(N)ccc21. The van der Waals surface area contributed by atoms with Crippen LogP contribution in [0.5, 0.6) is 5.75 Å². The molecule has 2 heteroatoms. The molecular weight excluding hydrogens is 150 g/mol. The van der Waals surface area contributed by atoms with Crippen molar-refractivity contribution in [3.63, 3.8) is 0 Å². The fourth-order valence-corrected chi connectivity index (χ4v) is 1.55. The highest BCUT2D eigenvalue weighted by atomic mass is 16.5. The maximum absolute atomic E-state index is 5.64. The highest BCUT2D eigenvalue weighted by molar-refractivity contribution is 5.52. The number of ether oxygens (including phenoxy) is 1. The molecule has 1 heterocycles. The molecule has 2 rings (SSSR count). The van der Waals surface area contributed by atoms with E-state index in [1.54, 1.807) is 0 Å². The Morgan fingerprint density at radius 1 is 1.42 bits per heavy atom. The number of benzene rings is 1. The first-order valence-corrected chi connectivity index (χ1v) is 4.12. The molecule has 0 bridgehead atoms. The van der Waals surface area contributed by atoms with Gasteiger partial charge < -0.3 is 10.5 Å². The van der Waals surface area contributed by atoms with E-state index in [0.717, 1.165) is 18.0 Å².